The number of nitrogens with one attached hydrogen (secondary N) is 1. The molecule has 0 unspecified atom stereocenters. The van der Waals surface area contributed by atoms with E-state index in [0.717, 1.165) is 24.3 Å². The Kier molecular flexibility index (Phi) is 4.25. The van der Waals surface area contributed by atoms with Crippen LogP contribution in [-0.4, -0.2) is 45.0 Å². The van der Waals surface area contributed by atoms with Gasteiger partial charge in [0.2, 0.25) is 0 Å². The molecule has 0 aliphatic carbocycles. The number of hydrogen-bond donors (Lipinski definition) is 1. The standard InChI is InChI=1S/C17H18N4O4S/c1-12-2-4-13(5-3-12)26(22,23)20-14-6-7-15(17-16(14)18-25-19-17)21-8-10-24-11-9-21/h2-7,20H,8-11H2,1H3. The molecule has 0 amide bonds. The van der Waals surface area contributed by atoms with Crippen LogP contribution in [0, 0.1) is 6.92 Å². The number of nitrogens with zero attached hydrogens (tertiary/aromatic N) is 3. The number of hydrogen-bond acceptors (Lipinski definition) is 7. The Balaban J connectivity index is 1.69. The van der Waals surface area contributed by atoms with E-state index in [1.807, 2.05) is 13.0 Å². The zero-order valence-electron chi connectivity index (χ0n) is 14.2. The van der Waals surface area contributed by atoms with Gasteiger partial charge in [-0.05, 0) is 41.5 Å². The lowest BCUT2D eigenvalue weighted by atomic mass is 10.2. The Morgan fingerprint density at radius 2 is 1.69 bits per heavy atom. The van der Waals surface area contributed by atoms with Gasteiger partial charge in [0, 0.05) is 13.1 Å². The lowest BCUT2D eigenvalue weighted by Crippen LogP contribution is -2.36. The summed E-state index contributed by atoms with van der Waals surface area (Å²) in [5.74, 6) is 0. The van der Waals surface area contributed by atoms with Crippen LogP contribution in [0.2, 0.25) is 0 Å². The molecule has 3 aromatic rings. The van der Waals surface area contributed by atoms with Crippen LogP contribution in [0.15, 0.2) is 45.9 Å². The van der Waals surface area contributed by atoms with E-state index in [2.05, 4.69) is 19.9 Å². The maximum Gasteiger partial charge on any atom is 0.261 e. The normalized spacial score (nSPS) is 15.3. The number of aromatic nitrogens is 2. The van der Waals surface area contributed by atoms with Crippen molar-refractivity contribution in [2.75, 3.05) is 35.9 Å². The summed E-state index contributed by atoms with van der Waals surface area (Å²) in [4.78, 5) is 2.30. The first-order chi connectivity index (χ1) is 12.5. The Labute approximate surface area is 150 Å². The zero-order valence-corrected chi connectivity index (χ0v) is 15.0. The van der Waals surface area contributed by atoms with Crippen molar-refractivity contribution in [3.05, 3.63) is 42.0 Å². The highest BCUT2D eigenvalue weighted by Crippen LogP contribution is 2.31. The van der Waals surface area contributed by atoms with Crippen molar-refractivity contribution >= 4 is 32.4 Å². The summed E-state index contributed by atoms with van der Waals surface area (Å²) < 4.78 is 38.1. The lowest BCUT2D eigenvalue weighted by molar-refractivity contribution is 0.123. The topological polar surface area (TPSA) is 97.6 Å². The van der Waals surface area contributed by atoms with Gasteiger partial charge in [0.25, 0.3) is 10.0 Å². The molecule has 1 saturated heterocycles. The lowest BCUT2D eigenvalue weighted by Gasteiger charge is -2.28. The van der Waals surface area contributed by atoms with Crippen LogP contribution in [0.4, 0.5) is 11.4 Å². The van der Waals surface area contributed by atoms with E-state index in [9.17, 15) is 8.42 Å². The van der Waals surface area contributed by atoms with Gasteiger partial charge in [-0.3, -0.25) is 4.72 Å². The number of sulfonamides is 1. The Morgan fingerprint density at radius 1 is 1.00 bits per heavy atom. The number of anilines is 2. The van der Waals surface area contributed by atoms with Gasteiger partial charge in [-0.15, -0.1) is 0 Å². The van der Waals surface area contributed by atoms with Crippen LogP contribution in [0.3, 0.4) is 0 Å². The van der Waals surface area contributed by atoms with Crippen molar-refractivity contribution in [2.24, 2.45) is 0 Å². The number of ether oxygens (including phenoxy) is 1. The minimum Gasteiger partial charge on any atom is -0.378 e. The van der Waals surface area contributed by atoms with Crippen molar-refractivity contribution in [1.82, 2.24) is 10.3 Å². The van der Waals surface area contributed by atoms with E-state index < -0.39 is 10.0 Å². The second kappa shape index (κ2) is 6.58. The fraction of sp³-hybridized carbons (Fsp3) is 0.294. The smallest absolute Gasteiger partial charge is 0.261 e. The van der Waals surface area contributed by atoms with Gasteiger partial charge in [-0.25, -0.2) is 13.0 Å². The molecule has 0 atom stereocenters. The van der Waals surface area contributed by atoms with E-state index in [1.54, 1.807) is 30.3 Å². The fourth-order valence-corrected chi connectivity index (χ4v) is 3.98. The molecule has 0 bridgehead atoms. The van der Waals surface area contributed by atoms with Crippen LogP contribution >= 0.6 is 0 Å². The van der Waals surface area contributed by atoms with Crippen molar-refractivity contribution in [3.8, 4) is 0 Å². The Hall–Kier alpha value is -2.65. The number of rotatable bonds is 4. The van der Waals surface area contributed by atoms with Crippen molar-refractivity contribution in [2.45, 2.75) is 11.8 Å². The van der Waals surface area contributed by atoms with E-state index in [4.69, 9.17) is 9.37 Å². The van der Waals surface area contributed by atoms with Gasteiger partial charge in [0.15, 0.2) is 11.0 Å². The third kappa shape index (κ3) is 3.11. The van der Waals surface area contributed by atoms with Crippen LogP contribution in [0.25, 0.3) is 11.0 Å². The second-order valence-electron chi connectivity index (χ2n) is 6.11. The van der Waals surface area contributed by atoms with Crippen molar-refractivity contribution in [3.63, 3.8) is 0 Å². The first-order valence-corrected chi connectivity index (χ1v) is 9.70. The van der Waals surface area contributed by atoms with Gasteiger partial charge in [0.1, 0.15) is 0 Å². The van der Waals surface area contributed by atoms with Crippen LogP contribution in [0.5, 0.6) is 0 Å². The van der Waals surface area contributed by atoms with Gasteiger partial charge in [-0.1, -0.05) is 17.7 Å². The van der Waals surface area contributed by atoms with Gasteiger partial charge >= 0.3 is 0 Å². The van der Waals surface area contributed by atoms with Crippen molar-refractivity contribution in [1.29, 1.82) is 0 Å². The predicted molar refractivity (Wildman–Crippen MR) is 96.8 cm³/mol. The first-order valence-electron chi connectivity index (χ1n) is 8.22. The summed E-state index contributed by atoms with van der Waals surface area (Å²) in [6.07, 6.45) is 0. The minimum atomic E-state index is -3.73. The molecule has 8 nitrogen and oxygen atoms in total. The molecule has 4 rings (SSSR count). The molecule has 2 aromatic carbocycles. The van der Waals surface area contributed by atoms with Gasteiger partial charge < -0.3 is 9.64 Å². The summed E-state index contributed by atoms with van der Waals surface area (Å²) in [5.41, 5.74) is 3.07. The monoisotopic (exact) mass is 374 g/mol. The molecule has 0 saturated carbocycles. The second-order valence-corrected chi connectivity index (χ2v) is 7.79. The van der Waals surface area contributed by atoms with E-state index in [-0.39, 0.29) is 4.90 Å². The maximum atomic E-state index is 12.6. The molecule has 26 heavy (non-hydrogen) atoms. The molecule has 0 spiro atoms. The van der Waals surface area contributed by atoms with E-state index in [1.165, 1.54) is 0 Å². The predicted octanol–water partition coefficient (Wildman–Crippen LogP) is 2.17. The summed E-state index contributed by atoms with van der Waals surface area (Å²) in [5, 5.41) is 7.86. The molecule has 1 aromatic heterocycles. The molecule has 9 heteroatoms. The molecule has 136 valence electrons. The van der Waals surface area contributed by atoms with Crippen LogP contribution in [0.1, 0.15) is 5.56 Å². The van der Waals surface area contributed by atoms with Gasteiger partial charge in [0.05, 0.1) is 29.5 Å². The third-order valence-electron chi connectivity index (χ3n) is 4.32. The molecular formula is C17H18N4O4S. The SMILES string of the molecule is Cc1ccc(S(=O)(=O)Nc2ccc(N3CCOCC3)c3nonc23)cc1. The third-order valence-corrected chi connectivity index (χ3v) is 5.70. The largest absolute Gasteiger partial charge is 0.378 e. The quantitative estimate of drug-likeness (QED) is 0.747. The Bertz CT molecular complexity index is 1020. The highest BCUT2D eigenvalue weighted by molar-refractivity contribution is 7.92. The summed E-state index contributed by atoms with van der Waals surface area (Å²) in [6.45, 7) is 4.63. The van der Waals surface area contributed by atoms with Crippen LogP contribution in [-0.2, 0) is 14.8 Å². The van der Waals surface area contributed by atoms with Gasteiger partial charge in [-0.2, -0.15) is 0 Å². The zero-order chi connectivity index (χ0) is 18.1. The molecule has 2 heterocycles. The molecule has 1 N–H and O–H groups in total. The average Bonchev–Trinajstić information content (AvgIpc) is 3.13. The van der Waals surface area contributed by atoms with Crippen LogP contribution < -0.4 is 9.62 Å². The summed E-state index contributed by atoms with van der Waals surface area (Å²) in [6, 6.07) is 10.1. The highest BCUT2D eigenvalue weighted by Gasteiger charge is 2.21. The highest BCUT2D eigenvalue weighted by atomic mass is 32.2. The maximum absolute atomic E-state index is 12.6. The van der Waals surface area contributed by atoms with Crippen molar-refractivity contribution < 1.29 is 17.8 Å². The molecule has 1 fully saturated rings. The number of benzene rings is 2. The minimum absolute atomic E-state index is 0.185. The molecule has 1 aliphatic rings. The summed E-state index contributed by atoms with van der Waals surface area (Å²) in [7, 11) is -3.73. The Morgan fingerprint density at radius 3 is 2.42 bits per heavy atom. The number of aryl methyl sites for hydroxylation is 1. The van der Waals surface area contributed by atoms with E-state index in [0.29, 0.717) is 29.9 Å². The first kappa shape index (κ1) is 16.8. The average molecular weight is 374 g/mol. The van der Waals surface area contributed by atoms with E-state index >= 15 is 0 Å². The fourth-order valence-electron chi connectivity index (χ4n) is 2.92. The molecular weight excluding hydrogens is 356 g/mol. The summed E-state index contributed by atoms with van der Waals surface area (Å²) >= 11 is 0. The molecule has 0 radical (unpaired) electrons. The number of morpholine rings is 1. The molecule has 1 aliphatic heterocycles. The number of fused-ring (bicyclic) bond motifs is 1.